The first-order chi connectivity index (χ1) is 9.11. The molecule has 0 saturated heterocycles. The highest BCUT2D eigenvalue weighted by molar-refractivity contribution is 6.30. The van der Waals surface area contributed by atoms with Gasteiger partial charge < -0.3 is 5.32 Å². The molecule has 0 amide bonds. The predicted molar refractivity (Wildman–Crippen MR) is 83.7 cm³/mol. The zero-order valence-electron chi connectivity index (χ0n) is 11.8. The van der Waals surface area contributed by atoms with E-state index in [0.29, 0.717) is 0 Å². The monoisotopic (exact) mass is 273 g/mol. The Morgan fingerprint density at radius 3 is 2.47 bits per heavy atom. The highest BCUT2D eigenvalue weighted by atomic mass is 35.5. The van der Waals surface area contributed by atoms with Gasteiger partial charge in [0.25, 0.3) is 0 Å². The van der Waals surface area contributed by atoms with E-state index in [4.69, 9.17) is 11.6 Å². The van der Waals surface area contributed by atoms with Gasteiger partial charge in [-0.05, 0) is 60.3 Å². The van der Waals surface area contributed by atoms with Gasteiger partial charge in [0.05, 0.1) is 0 Å². The number of hydrogen-bond donors (Lipinski definition) is 1. The lowest BCUT2D eigenvalue weighted by atomic mass is 9.96. The summed E-state index contributed by atoms with van der Waals surface area (Å²) in [5.41, 5.74) is 6.37. The Morgan fingerprint density at radius 1 is 1.00 bits per heavy atom. The molecule has 0 fully saturated rings. The minimum Gasteiger partial charge on any atom is -0.313 e. The first-order valence-electron chi connectivity index (χ1n) is 6.68. The lowest BCUT2D eigenvalue weighted by molar-refractivity contribution is 0.728. The summed E-state index contributed by atoms with van der Waals surface area (Å²) in [7, 11) is 0. The van der Waals surface area contributed by atoms with Gasteiger partial charge in [0.1, 0.15) is 0 Å². The minimum atomic E-state index is 0.786. The Bertz CT molecular complexity index is 575. The summed E-state index contributed by atoms with van der Waals surface area (Å²) in [5.74, 6) is 0. The molecule has 0 aliphatic rings. The zero-order valence-corrected chi connectivity index (χ0v) is 12.5. The summed E-state index contributed by atoms with van der Waals surface area (Å²) in [5, 5.41) is 4.16. The average molecular weight is 274 g/mol. The zero-order chi connectivity index (χ0) is 13.8. The SMILES string of the molecule is CCNCc1ccc(Cl)cc1-c1ccc(C)c(C)c1. The molecule has 19 heavy (non-hydrogen) atoms. The van der Waals surface area contributed by atoms with Crippen LogP contribution in [-0.2, 0) is 6.54 Å². The molecule has 100 valence electrons. The minimum absolute atomic E-state index is 0.786. The summed E-state index contributed by atoms with van der Waals surface area (Å²) in [6, 6.07) is 12.7. The molecule has 0 bridgehead atoms. The molecule has 1 N–H and O–H groups in total. The molecule has 0 heterocycles. The Balaban J connectivity index is 2.46. The van der Waals surface area contributed by atoms with Crippen LogP contribution in [0.1, 0.15) is 23.6 Å². The van der Waals surface area contributed by atoms with Crippen molar-refractivity contribution in [2.24, 2.45) is 0 Å². The lowest BCUT2D eigenvalue weighted by Gasteiger charge is -2.12. The molecule has 0 spiro atoms. The van der Waals surface area contributed by atoms with Crippen molar-refractivity contribution in [2.45, 2.75) is 27.3 Å². The standard InChI is InChI=1S/C17H20ClN/c1-4-19-11-15-7-8-16(18)10-17(15)14-6-5-12(2)13(3)9-14/h5-10,19H,4,11H2,1-3H3. The number of nitrogens with one attached hydrogen (secondary N) is 1. The number of rotatable bonds is 4. The molecule has 2 heteroatoms. The van der Waals surface area contributed by atoms with Gasteiger partial charge in [-0.15, -0.1) is 0 Å². The molecule has 2 aromatic rings. The van der Waals surface area contributed by atoms with E-state index in [9.17, 15) is 0 Å². The number of aryl methyl sites for hydroxylation is 2. The van der Waals surface area contributed by atoms with Crippen LogP contribution in [0.5, 0.6) is 0 Å². The molecule has 0 saturated carbocycles. The van der Waals surface area contributed by atoms with E-state index < -0.39 is 0 Å². The van der Waals surface area contributed by atoms with Crippen LogP contribution < -0.4 is 5.32 Å². The third-order valence-electron chi connectivity index (χ3n) is 3.46. The van der Waals surface area contributed by atoms with Gasteiger partial charge in [0.15, 0.2) is 0 Å². The third-order valence-corrected chi connectivity index (χ3v) is 3.69. The van der Waals surface area contributed by atoms with Crippen molar-refractivity contribution < 1.29 is 0 Å². The third kappa shape index (κ3) is 3.37. The maximum Gasteiger partial charge on any atom is 0.0412 e. The second-order valence-corrected chi connectivity index (χ2v) is 5.32. The second kappa shape index (κ2) is 6.23. The lowest BCUT2D eigenvalue weighted by Crippen LogP contribution is -2.12. The molecule has 0 aliphatic heterocycles. The van der Waals surface area contributed by atoms with E-state index in [1.54, 1.807) is 0 Å². The first kappa shape index (κ1) is 14.1. The molecule has 2 rings (SSSR count). The molecule has 0 aromatic heterocycles. The Hall–Kier alpha value is -1.31. The summed E-state index contributed by atoms with van der Waals surface area (Å²) in [4.78, 5) is 0. The van der Waals surface area contributed by atoms with E-state index in [1.165, 1.54) is 27.8 Å². The smallest absolute Gasteiger partial charge is 0.0412 e. The van der Waals surface area contributed by atoms with Crippen LogP contribution in [0, 0.1) is 13.8 Å². The van der Waals surface area contributed by atoms with Crippen molar-refractivity contribution >= 4 is 11.6 Å². The average Bonchev–Trinajstić information content (AvgIpc) is 2.40. The van der Waals surface area contributed by atoms with E-state index in [1.807, 2.05) is 6.07 Å². The Kier molecular flexibility index (Phi) is 4.62. The van der Waals surface area contributed by atoms with E-state index >= 15 is 0 Å². The molecule has 1 nitrogen and oxygen atoms in total. The highest BCUT2D eigenvalue weighted by Crippen LogP contribution is 2.28. The molecular weight excluding hydrogens is 254 g/mol. The maximum absolute atomic E-state index is 6.15. The van der Waals surface area contributed by atoms with Gasteiger partial charge in [0.2, 0.25) is 0 Å². The van der Waals surface area contributed by atoms with E-state index in [0.717, 1.165) is 18.1 Å². The van der Waals surface area contributed by atoms with Crippen molar-refractivity contribution in [1.82, 2.24) is 5.32 Å². The summed E-state index contributed by atoms with van der Waals surface area (Å²) >= 11 is 6.15. The molecule has 2 aromatic carbocycles. The number of benzene rings is 2. The first-order valence-corrected chi connectivity index (χ1v) is 7.06. The van der Waals surface area contributed by atoms with Crippen LogP contribution in [0.3, 0.4) is 0 Å². The summed E-state index contributed by atoms with van der Waals surface area (Å²) in [6.45, 7) is 8.24. The van der Waals surface area contributed by atoms with E-state index in [-0.39, 0.29) is 0 Å². The van der Waals surface area contributed by atoms with Crippen molar-refractivity contribution in [2.75, 3.05) is 6.54 Å². The quantitative estimate of drug-likeness (QED) is 0.849. The predicted octanol–water partition coefficient (Wildman–Crippen LogP) is 4.73. The summed E-state index contributed by atoms with van der Waals surface area (Å²) in [6.07, 6.45) is 0. The molecule has 0 atom stereocenters. The second-order valence-electron chi connectivity index (χ2n) is 4.88. The fraction of sp³-hybridized carbons (Fsp3) is 0.294. The maximum atomic E-state index is 6.15. The van der Waals surface area contributed by atoms with Crippen molar-refractivity contribution in [3.8, 4) is 11.1 Å². The van der Waals surface area contributed by atoms with Gasteiger partial charge in [-0.1, -0.05) is 42.8 Å². The van der Waals surface area contributed by atoms with Gasteiger partial charge in [-0.25, -0.2) is 0 Å². The fourth-order valence-electron chi connectivity index (χ4n) is 2.14. The van der Waals surface area contributed by atoms with Crippen LogP contribution in [0.4, 0.5) is 0 Å². The highest BCUT2D eigenvalue weighted by Gasteiger charge is 2.07. The molecule has 0 aliphatic carbocycles. The van der Waals surface area contributed by atoms with Gasteiger partial charge >= 0.3 is 0 Å². The largest absolute Gasteiger partial charge is 0.313 e. The van der Waals surface area contributed by atoms with Gasteiger partial charge in [-0.3, -0.25) is 0 Å². The molecule has 0 unspecified atom stereocenters. The van der Waals surface area contributed by atoms with Crippen LogP contribution in [0.25, 0.3) is 11.1 Å². The Morgan fingerprint density at radius 2 is 1.79 bits per heavy atom. The number of hydrogen-bond acceptors (Lipinski definition) is 1. The van der Waals surface area contributed by atoms with Gasteiger partial charge in [0, 0.05) is 11.6 Å². The van der Waals surface area contributed by atoms with E-state index in [2.05, 4.69) is 56.4 Å². The van der Waals surface area contributed by atoms with Crippen LogP contribution >= 0.6 is 11.6 Å². The Labute approximate surface area is 120 Å². The molecular formula is C17H20ClN. The number of halogens is 1. The molecule has 0 radical (unpaired) electrons. The van der Waals surface area contributed by atoms with Crippen LogP contribution in [0.2, 0.25) is 5.02 Å². The van der Waals surface area contributed by atoms with Crippen LogP contribution in [0.15, 0.2) is 36.4 Å². The fourth-order valence-corrected chi connectivity index (χ4v) is 2.31. The van der Waals surface area contributed by atoms with Crippen LogP contribution in [-0.4, -0.2) is 6.54 Å². The normalized spacial score (nSPS) is 10.7. The van der Waals surface area contributed by atoms with Crippen molar-refractivity contribution in [1.29, 1.82) is 0 Å². The topological polar surface area (TPSA) is 12.0 Å². The van der Waals surface area contributed by atoms with Crippen molar-refractivity contribution in [3.63, 3.8) is 0 Å². The summed E-state index contributed by atoms with van der Waals surface area (Å²) < 4.78 is 0. The van der Waals surface area contributed by atoms with Crippen molar-refractivity contribution in [3.05, 3.63) is 58.1 Å². The van der Waals surface area contributed by atoms with Gasteiger partial charge in [-0.2, -0.15) is 0 Å².